The zero-order valence-electron chi connectivity index (χ0n) is 10.5. The van der Waals surface area contributed by atoms with Crippen molar-refractivity contribution in [2.24, 2.45) is 5.73 Å². The van der Waals surface area contributed by atoms with Gasteiger partial charge in [0.2, 0.25) is 0 Å². The Kier molecular flexibility index (Phi) is 4.08. The normalized spacial score (nSPS) is 11.2. The van der Waals surface area contributed by atoms with Gasteiger partial charge in [0, 0.05) is 12.6 Å². The Morgan fingerprint density at radius 2 is 1.95 bits per heavy atom. The van der Waals surface area contributed by atoms with Gasteiger partial charge in [0.25, 0.3) is 11.8 Å². The minimum atomic E-state index is -3.00. The molecular weight excluding hydrogens is 258 g/mol. The number of hydrogen-bond donors (Lipinski definition) is 3. The van der Waals surface area contributed by atoms with Crippen LogP contribution in [0.25, 0.3) is 0 Å². The van der Waals surface area contributed by atoms with Gasteiger partial charge in [-0.15, -0.1) is 0 Å². The van der Waals surface area contributed by atoms with E-state index in [0.29, 0.717) is 12.5 Å². The molecule has 0 unspecified atom stereocenters. The summed E-state index contributed by atoms with van der Waals surface area (Å²) in [5, 5.41) is 11.3. The maximum atomic E-state index is 12.8. The van der Waals surface area contributed by atoms with Gasteiger partial charge in [-0.25, -0.2) is 13.6 Å². The van der Waals surface area contributed by atoms with Crippen LogP contribution in [0.3, 0.4) is 0 Å². The lowest BCUT2D eigenvalue weighted by molar-refractivity contribution is 0.0367. The zero-order chi connectivity index (χ0) is 14.8. The van der Waals surface area contributed by atoms with E-state index in [2.05, 4.69) is 5.32 Å². The Bertz CT molecular complexity index is 524. The highest BCUT2D eigenvalue weighted by Gasteiger charge is 2.22. The summed E-state index contributed by atoms with van der Waals surface area (Å²) in [4.78, 5) is 22.2. The monoisotopic (exact) mass is 272 g/mol. The van der Waals surface area contributed by atoms with E-state index in [1.165, 1.54) is 13.0 Å². The fraction of sp³-hybridized carbons (Fsp3) is 0.333. The average molecular weight is 272 g/mol. The van der Waals surface area contributed by atoms with E-state index in [1.807, 2.05) is 0 Å². The Hall–Kier alpha value is -2.18. The lowest BCUT2D eigenvalue weighted by Gasteiger charge is -2.16. The Morgan fingerprint density at radius 3 is 2.37 bits per heavy atom. The van der Waals surface area contributed by atoms with E-state index in [0.717, 1.165) is 6.07 Å². The first kappa shape index (κ1) is 14.9. The summed E-state index contributed by atoms with van der Waals surface area (Å²) < 4.78 is 25.6. The summed E-state index contributed by atoms with van der Waals surface area (Å²) in [6.07, 6.45) is 0. The maximum Gasteiger partial charge on any atom is 0.336 e. The van der Waals surface area contributed by atoms with Crippen molar-refractivity contribution in [1.82, 2.24) is 0 Å². The highest BCUT2D eigenvalue weighted by atomic mass is 19.3. The molecule has 0 heterocycles. The van der Waals surface area contributed by atoms with E-state index in [-0.39, 0.29) is 16.8 Å². The molecule has 104 valence electrons. The smallest absolute Gasteiger partial charge is 0.336 e. The zero-order valence-corrected chi connectivity index (χ0v) is 10.5. The first-order valence-electron chi connectivity index (χ1n) is 5.41. The fourth-order valence-electron chi connectivity index (χ4n) is 1.54. The van der Waals surface area contributed by atoms with E-state index < -0.39 is 24.3 Å². The molecule has 0 spiro atoms. The molecular formula is C12H14F2N2O3. The van der Waals surface area contributed by atoms with Crippen molar-refractivity contribution in [2.45, 2.75) is 19.8 Å². The number of amides is 1. The molecule has 1 amide bonds. The molecule has 5 nitrogen and oxygen atoms in total. The predicted molar refractivity (Wildman–Crippen MR) is 65.8 cm³/mol. The third kappa shape index (κ3) is 3.90. The van der Waals surface area contributed by atoms with Crippen LogP contribution in [0, 0.1) is 6.92 Å². The van der Waals surface area contributed by atoms with Crippen LogP contribution in [-0.4, -0.2) is 29.5 Å². The second kappa shape index (κ2) is 5.21. The number of benzene rings is 1. The van der Waals surface area contributed by atoms with Crippen molar-refractivity contribution in [1.29, 1.82) is 0 Å². The molecule has 1 rings (SSSR count). The molecule has 0 aliphatic carbocycles. The van der Waals surface area contributed by atoms with E-state index in [1.54, 1.807) is 0 Å². The number of aryl methyl sites for hydroxylation is 1. The molecule has 1 aromatic carbocycles. The number of alkyl halides is 2. The van der Waals surface area contributed by atoms with Crippen LogP contribution >= 0.6 is 0 Å². The predicted octanol–water partition coefficient (Wildman–Crippen LogP) is 1.86. The lowest BCUT2D eigenvalue weighted by Crippen LogP contribution is -2.25. The largest absolute Gasteiger partial charge is 0.478 e. The molecule has 7 heteroatoms. The van der Waals surface area contributed by atoms with E-state index in [4.69, 9.17) is 10.8 Å². The standard InChI is InChI=1S/C12H14F2N2O3/c1-6-3-8(10(15)17)9(4-7(6)11(18)19)16-5-12(2,13)14/h3-4,16H,5H2,1-2H3,(H2,15,17)(H,18,19). The number of carbonyl (C=O) groups is 2. The maximum absolute atomic E-state index is 12.8. The molecule has 0 aromatic heterocycles. The van der Waals surface area contributed by atoms with Gasteiger partial charge >= 0.3 is 5.97 Å². The van der Waals surface area contributed by atoms with Crippen LogP contribution in [0.4, 0.5) is 14.5 Å². The number of halogens is 2. The van der Waals surface area contributed by atoms with Crippen molar-refractivity contribution in [2.75, 3.05) is 11.9 Å². The first-order chi connectivity index (χ1) is 8.61. The molecule has 0 fully saturated rings. The molecule has 1 aromatic rings. The summed E-state index contributed by atoms with van der Waals surface area (Å²) in [6, 6.07) is 2.39. The van der Waals surface area contributed by atoms with E-state index in [9.17, 15) is 18.4 Å². The SMILES string of the molecule is Cc1cc(C(N)=O)c(NCC(C)(F)F)cc1C(=O)O. The molecule has 0 aliphatic heterocycles. The van der Waals surface area contributed by atoms with Crippen molar-refractivity contribution >= 4 is 17.6 Å². The van der Waals surface area contributed by atoms with Crippen LogP contribution in [0.2, 0.25) is 0 Å². The lowest BCUT2D eigenvalue weighted by atomic mass is 10.0. The number of hydrogen-bond acceptors (Lipinski definition) is 3. The Morgan fingerprint density at radius 1 is 1.37 bits per heavy atom. The van der Waals surface area contributed by atoms with Gasteiger partial charge in [0.05, 0.1) is 17.7 Å². The average Bonchev–Trinajstić information content (AvgIpc) is 2.25. The third-order valence-electron chi connectivity index (χ3n) is 2.45. The summed E-state index contributed by atoms with van der Waals surface area (Å²) in [5.74, 6) is -5.02. The molecule has 0 aliphatic rings. The van der Waals surface area contributed by atoms with Gasteiger partial charge in [-0.1, -0.05) is 0 Å². The quantitative estimate of drug-likeness (QED) is 0.762. The number of nitrogens with one attached hydrogen (secondary N) is 1. The molecule has 0 saturated carbocycles. The fourth-order valence-corrected chi connectivity index (χ4v) is 1.54. The minimum Gasteiger partial charge on any atom is -0.478 e. The Labute approximate surface area is 108 Å². The summed E-state index contributed by atoms with van der Waals surface area (Å²) in [5.41, 5.74) is 5.35. The van der Waals surface area contributed by atoms with Crippen molar-refractivity contribution < 1.29 is 23.5 Å². The van der Waals surface area contributed by atoms with Gasteiger partial charge in [-0.3, -0.25) is 4.79 Å². The summed E-state index contributed by atoms with van der Waals surface area (Å²) in [7, 11) is 0. The van der Waals surface area contributed by atoms with Crippen LogP contribution in [0.5, 0.6) is 0 Å². The number of anilines is 1. The van der Waals surface area contributed by atoms with Crippen LogP contribution in [0.1, 0.15) is 33.2 Å². The van der Waals surface area contributed by atoms with E-state index >= 15 is 0 Å². The van der Waals surface area contributed by atoms with Crippen molar-refractivity contribution in [3.63, 3.8) is 0 Å². The summed E-state index contributed by atoms with van der Waals surface area (Å²) >= 11 is 0. The molecule has 4 N–H and O–H groups in total. The highest BCUT2D eigenvalue weighted by molar-refractivity contribution is 6.01. The second-order valence-electron chi connectivity index (χ2n) is 4.31. The minimum absolute atomic E-state index is 0.0166. The number of rotatable bonds is 5. The molecule has 0 bridgehead atoms. The number of nitrogens with two attached hydrogens (primary N) is 1. The molecule has 0 saturated heterocycles. The molecule has 0 radical (unpaired) electrons. The molecule has 0 atom stereocenters. The second-order valence-corrected chi connectivity index (χ2v) is 4.31. The number of carboxylic acid groups (broad SMARTS) is 1. The first-order valence-corrected chi connectivity index (χ1v) is 5.41. The Balaban J connectivity index is 3.22. The van der Waals surface area contributed by atoms with Gasteiger partial charge in [-0.05, 0) is 24.6 Å². The number of aromatic carboxylic acids is 1. The van der Waals surface area contributed by atoms with Crippen LogP contribution in [0.15, 0.2) is 12.1 Å². The summed E-state index contributed by atoms with van der Waals surface area (Å²) in [6.45, 7) is 1.47. The number of carboxylic acids is 1. The van der Waals surface area contributed by atoms with Gasteiger partial charge < -0.3 is 16.2 Å². The van der Waals surface area contributed by atoms with Crippen molar-refractivity contribution in [3.05, 3.63) is 28.8 Å². The van der Waals surface area contributed by atoms with Crippen LogP contribution < -0.4 is 11.1 Å². The van der Waals surface area contributed by atoms with Gasteiger partial charge in [-0.2, -0.15) is 0 Å². The highest BCUT2D eigenvalue weighted by Crippen LogP contribution is 2.23. The van der Waals surface area contributed by atoms with Gasteiger partial charge in [0.1, 0.15) is 0 Å². The topological polar surface area (TPSA) is 92.4 Å². The third-order valence-corrected chi connectivity index (χ3v) is 2.45. The number of primary amides is 1. The van der Waals surface area contributed by atoms with Gasteiger partial charge in [0.15, 0.2) is 0 Å². The van der Waals surface area contributed by atoms with Crippen molar-refractivity contribution in [3.8, 4) is 0 Å². The van der Waals surface area contributed by atoms with Crippen LogP contribution in [-0.2, 0) is 0 Å². The number of carbonyl (C=O) groups excluding carboxylic acids is 1. The molecule has 19 heavy (non-hydrogen) atoms.